The highest BCUT2D eigenvalue weighted by atomic mass is 35.5. The summed E-state index contributed by atoms with van der Waals surface area (Å²) in [5.41, 5.74) is 1.92. The van der Waals surface area contributed by atoms with Gasteiger partial charge >= 0.3 is 0 Å². The number of aromatic nitrogens is 1. The van der Waals surface area contributed by atoms with Crippen molar-refractivity contribution in [1.82, 2.24) is 10.3 Å². The number of halogens is 1. The van der Waals surface area contributed by atoms with Crippen molar-refractivity contribution < 1.29 is 9.21 Å². The molecule has 0 spiro atoms. The highest BCUT2D eigenvalue weighted by Gasteiger charge is 2.13. The molecule has 2 aromatic carbocycles. The van der Waals surface area contributed by atoms with Gasteiger partial charge < -0.3 is 9.73 Å². The van der Waals surface area contributed by atoms with Gasteiger partial charge in [0.1, 0.15) is 0 Å². The van der Waals surface area contributed by atoms with Gasteiger partial charge in [-0.15, -0.1) is 0 Å². The van der Waals surface area contributed by atoms with E-state index in [0.29, 0.717) is 30.2 Å². The van der Waals surface area contributed by atoms with Crippen LogP contribution in [0.5, 0.6) is 0 Å². The van der Waals surface area contributed by atoms with Gasteiger partial charge in [-0.3, -0.25) is 4.79 Å². The molecule has 1 atom stereocenters. The minimum atomic E-state index is -0.123. The van der Waals surface area contributed by atoms with Crippen molar-refractivity contribution in [2.24, 2.45) is 0 Å². The van der Waals surface area contributed by atoms with Crippen molar-refractivity contribution in [3.8, 4) is 11.3 Å². The molecule has 0 aliphatic carbocycles. The van der Waals surface area contributed by atoms with Crippen LogP contribution in [-0.4, -0.2) is 10.9 Å². The van der Waals surface area contributed by atoms with Crippen LogP contribution in [0, 0.1) is 0 Å². The molecule has 1 N–H and O–H groups in total. The van der Waals surface area contributed by atoms with Crippen molar-refractivity contribution in [2.45, 2.75) is 32.2 Å². The normalized spacial score (nSPS) is 11.9. The summed E-state index contributed by atoms with van der Waals surface area (Å²) in [4.78, 5) is 16.4. The molecule has 26 heavy (non-hydrogen) atoms. The number of carbonyl (C=O) groups excluding carboxylic acids is 1. The van der Waals surface area contributed by atoms with Gasteiger partial charge in [0.05, 0.1) is 12.2 Å². The lowest BCUT2D eigenvalue weighted by Crippen LogP contribution is -2.26. The highest BCUT2D eigenvalue weighted by molar-refractivity contribution is 6.31. The van der Waals surface area contributed by atoms with Crippen LogP contribution in [-0.2, 0) is 11.2 Å². The van der Waals surface area contributed by atoms with Gasteiger partial charge in [-0.25, -0.2) is 4.98 Å². The van der Waals surface area contributed by atoms with Crippen molar-refractivity contribution in [3.05, 3.63) is 77.3 Å². The third-order valence-corrected chi connectivity index (χ3v) is 4.50. The number of oxazole rings is 1. The maximum Gasteiger partial charge on any atom is 0.220 e. The number of aryl methyl sites for hydroxylation is 1. The molecule has 1 unspecified atom stereocenters. The number of benzene rings is 2. The van der Waals surface area contributed by atoms with E-state index >= 15 is 0 Å². The summed E-state index contributed by atoms with van der Waals surface area (Å²) >= 11 is 6.17. The first kappa shape index (κ1) is 18.2. The zero-order valence-corrected chi connectivity index (χ0v) is 15.4. The Morgan fingerprint density at radius 1 is 1.15 bits per heavy atom. The second-order valence-electron chi connectivity index (χ2n) is 6.15. The van der Waals surface area contributed by atoms with E-state index in [1.54, 1.807) is 6.20 Å². The highest BCUT2D eigenvalue weighted by Crippen LogP contribution is 2.23. The number of amides is 1. The summed E-state index contributed by atoms with van der Waals surface area (Å²) in [6.07, 6.45) is 3.44. The van der Waals surface area contributed by atoms with Crippen LogP contribution in [0.4, 0.5) is 0 Å². The quantitative estimate of drug-likeness (QED) is 0.624. The molecule has 5 heteroatoms. The molecule has 0 saturated heterocycles. The third kappa shape index (κ3) is 4.73. The summed E-state index contributed by atoms with van der Waals surface area (Å²) < 4.78 is 5.76. The molecule has 134 valence electrons. The van der Waals surface area contributed by atoms with Crippen LogP contribution in [0.3, 0.4) is 0 Å². The van der Waals surface area contributed by atoms with Crippen LogP contribution < -0.4 is 5.32 Å². The van der Waals surface area contributed by atoms with Crippen molar-refractivity contribution in [3.63, 3.8) is 0 Å². The van der Waals surface area contributed by atoms with Gasteiger partial charge in [0.15, 0.2) is 11.7 Å². The molecule has 1 heterocycles. The van der Waals surface area contributed by atoms with Crippen LogP contribution in [0.2, 0.25) is 5.02 Å². The SMILES string of the molecule is CC(NC(=O)CCCc1ncc(-c2ccccc2)o1)c1ccccc1Cl. The van der Waals surface area contributed by atoms with E-state index < -0.39 is 0 Å². The maximum atomic E-state index is 12.1. The van der Waals surface area contributed by atoms with Crippen LogP contribution in [0.25, 0.3) is 11.3 Å². The van der Waals surface area contributed by atoms with Gasteiger partial charge in [-0.05, 0) is 25.0 Å². The first-order chi connectivity index (χ1) is 12.6. The summed E-state index contributed by atoms with van der Waals surface area (Å²) in [5.74, 6) is 1.39. The van der Waals surface area contributed by atoms with E-state index in [0.717, 1.165) is 16.9 Å². The number of hydrogen-bond donors (Lipinski definition) is 1. The fraction of sp³-hybridized carbons (Fsp3) is 0.238. The average Bonchev–Trinajstić information content (AvgIpc) is 3.11. The van der Waals surface area contributed by atoms with E-state index in [4.69, 9.17) is 16.0 Å². The van der Waals surface area contributed by atoms with Crippen LogP contribution in [0.1, 0.15) is 37.3 Å². The molecule has 0 saturated carbocycles. The minimum absolute atomic E-state index is 0.00717. The molecule has 0 radical (unpaired) electrons. The Bertz CT molecular complexity index is 861. The van der Waals surface area contributed by atoms with E-state index in [-0.39, 0.29) is 11.9 Å². The monoisotopic (exact) mass is 368 g/mol. The Balaban J connectivity index is 1.47. The molecule has 0 aliphatic rings. The van der Waals surface area contributed by atoms with E-state index in [2.05, 4.69) is 10.3 Å². The molecular weight excluding hydrogens is 348 g/mol. The molecule has 0 aliphatic heterocycles. The van der Waals surface area contributed by atoms with Crippen molar-refractivity contribution >= 4 is 17.5 Å². The van der Waals surface area contributed by atoms with E-state index in [1.165, 1.54) is 0 Å². The Morgan fingerprint density at radius 2 is 1.88 bits per heavy atom. The molecule has 3 aromatic rings. The Kier molecular flexibility index (Phi) is 6.08. The van der Waals surface area contributed by atoms with E-state index in [9.17, 15) is 4.79 Å². The van der Waals surface area contributed by atoms with Gasteiger partial charge in [-0.1, -0.05) is 60.1 Å². The second kappa shape index (κ2) is 8.68. The number of nitrogens with one attached hydrogen (secondary N) is 1. The zero-order valence-electron chi connectivity index (χ0n) is 14.6. The summed E-state index contributed by atoms with van der Waals surface area (Å²) in [6.45, 7) is 1.93. The molecular formula is C21H21ClN2O2. The predicted octanol–water partition coefficient (Wildman–Crippen LogP) is 5.20. The van der Waals surface area contributed by atoms with Crippen LogP contribution >= 0.6 is 11.6 Å². The minimum Gasteiger partial charge on any atom is -0.441 e. The average molecular weight is 369 g/mol. The van der Waals surface area contributed by atoms with Crippen molar-refractivity contribution in [2.75, 3.05) is 0 Å². The van der Waals surface area contributed by atoms with Gasteiger partial charge in [0.2, 0.25) is 5.91 Å². The Labute approximate surface area is 158 Å². The fourth-order valence-corrected chi connectivity index (χ4v) is 3.08. The van der Waals surface area contributed by atoms with Gasteiger partial charge in [-0.2, -0.15) is 0 Å². The summed E-state index contributed by atoms with van der Waals surface area (Å²) in [5, 5.41) is 3.64. The number of rotatable bonds is 7. The molecule has 0 fully saturated rings. The number of nitrogens with zero attached hydrogens (tertiary/aromatic N) is 1. The fourth-order valence-electron chi connectivity index (χ4n) is 2.78. The van der Waals surface area contributed by atoms with Crippen molar-refractivity contribution in [1.29, 1.82) is 0 Å². The number of carbonyl (C=O) groups is 1. The second-order valence-corrected chi connectivity index (χ2v) is 6.56. The molecule has 3 rings (SSSR count). The van der Waals surface area contributed by atoms with Gasteiger partial charge in [0.25, 0.3) is 0 Å². The smallest absolute Gasteiger partial charge is 0.220 e. The summed E-state index contributed by atoms with van der Waals surface area (Å²) in [6, 6.07) is 17.3. The zero-order chi connectivity index (χ0) is 18.4. The molecule has 0 bridgehead atoms. The lowest BCUT2D eigenvalue weighted by molar-refractivity contribution is -0.121. The first-order valence-electron chi connectivity index (χ1n) is 8.67. The lowest BCUT2D eigenvalue weighted by Gasteiger charge is -2.15. The Morgan fingerprint density at radius 3 is 2.65 bits per heavy atom. The summed E-state index contributed by atoms with van der Waals surface area (Å²) in [7, 11) is 0. The third-order valence-electron chi connectivity index (χ3n) is 4.16. The molecule has 1 aromatic heterocycles. The standard InChI is InChI=1S/C21H21ClN2O2/c1-15(17-10-5-6-11-18(17)22)24-20(25)12-7-13-21-23-14-19(26-21)16-8-3-2-4-9-16/h2-6,8-11,14-15H,7,12-13H2,1H3,(H,24,25). The van der Waals surface area contributed by atoms with E-state index in [1.807, 2.05) is 61.5 Å². The Hall–Kier alpha value is -2.59. The number of hydrogen-bond acceptors (Lipinski definition) is 3. The molecule has 1 amide bonds. The lowest BCUT2D eigenvalue weighted by atomic mass is 10.1. The predicted molar refractivity (Wildman–Crippen MR) is 103 cm³/mol. The first-order valence-corrected chi connectivity index (χ1v) is 9.05. The molecule has 4 nitrogen and oxygen atoms in total. The largest absolute Gasteiger partial charge is 0.441 e. The topological polar surface area (TPSA) is 55.1 Å². The van der Waals surface area contributed by atoms with Crippen LogP contribution in [0.15, 0.2) is 65.2 Å². The van der Waals surface area contributed by atoms with Gasteiger partial charge in [0, 0.05) is 23.4 Å². The maximum absolute atomic E-state index is 12.1.